The summed E-state index contributed by atoms with van der Waals surface area (Å²) in [6.07, 6.45) is 1.60. The molecule has 1 aliphatic heterocycles. The molecule has 5 heteroatoms. The molecule has 0 amide bonds. The van der Waals surface area contributed by atoms with Crippen LogP contribution in [0.15, 0.2) is 28.0 Å². The Balaban J connectivity index is 2.64. The second kappa shape index (κ2) is 3.68. The number of carboxylic acids is 1. The van der Waals surface area contributed by atoms with Crippen molar-refractivity contribution in [2.45, 2.75) is 31.1 Å². The first-order chi connectivity index (χ1) is 8.17. The van der Waals surface area contributed by atoms with Crippen molar-refractivity contribution in [3.05, 3.63) is 34.2 Å². The van der Waals surface area contributed by atoms with Crippen LogP contribution in [0.25, 0.3) is 6.08 Å². The highest BCUT2D eigenvalue weighted by Crippen LogP contribution is 2.35. The van der Waals surface area contributed by atoms with Crippen LogP contribution in [-0.2, 0) is 20.0 Å². The van der Waals surface area contributed by atoms with E-state index in [0.717, 1.165) is 0 Å². The second-order valence-electron chi connectivity index (χ2n) is 4.94. The fourth-order valence-electron chi connectivity index (χ4n) is 1.87. The molecular weight excluding hydrogens is 252 g/mol. The number of allylic oxidation sites excluding steroid dienone is 1. The maximum atomic E-state index is 12.0. The fraction of sp³-hybridized carbons (Fsp3) is 0.308. The van der Waals surface area contributed by atoms with Gasteiger partial charge in [-0.2, -0.15) is 0 Å². The fourth-order valence-corrected chi connectivity index (χ4v) is 3.22. The number of hydrogen-bond donors (Lipinski definition) is 1. The summed E-state index contributed by atoms with van der Waals surface area (Å²) in [5, 5.41) is 9.16. The minimum absolute atomic E-state index is 0.201. The summed E-state index contributed by atoms with van der Waals surface area (Å²) >= 11 is 0. The van der Waals surface area contributed by atoms with Crippen LogP contribution in [0.1, 0.15) is 31.9 Å². The van der Waals surface area contributed by atoms with Crippen molar-refractivity contribution in [1.82, 2.24) is 0 Å². The standard InChI is InChI=1S/C13H14O4S/c1-8-6-9-4-5-10(13(2,3)12(14)15)7-11(9)18(8,16)17/h4-7H,1-3H3,(H,14,15). The molecule has 0 fully saturated rings. The Morgan fingerprint density at radius 1 is 1.28 bits per heavy atom. The van der Waals surface area contributed by atoms with Gasteiger partial charge in [-0.1, -0.05) is 12.1 Å². The zero-order chi connectivity index (χ0) is 13.7. The summed E-state index contributed by atoms with van der Waals surface area (Å²) in [7, 11) is -3.42. The Morgan fingerprint density at radius 2 is 1.89 bits per heavy atom. The normalized spacial score (nSPS) is 17.2. The van der Waals surface area contributed by atoms with E-state index in [4.69, 9.17) is 5.11 Å². The van der Waals surface area contributed by atoms with Gasteiger partial charge in [-0.3, -0.25) is 4.79 Å². The number of carboxylic acid groups (broad SMARTS) is 1. The Hall–Kier alpha value is -1.62. The summed E-state index contributed by atoms with van der Waals surface area (Å²) in [6.45, 7) is 4.65. The molecule has 1 heterocycles. The predicted molar refractivity (Wildman–Crippen MR) is 67.9 cm³/mol. The van der Waals surface area contributed by atoms with Gasteiger partial charge in [0.1, 0.15) is 0 Å². The number of carbonyl (C=O) groups is 1. The second-order valence-corrected chi connectivity index (χ2v) is 7.03. The monoisotopic (exact) mass is 266 g/mol. The summed E-state index contributed by atoms with van der Waals surface area (Å²) < 4.78 is 24.0. The first kappa shape index (κ1) is 12.8. The van der Waals surface area contributed by atoms with E-state index in [1.165, 1.54) is 13.0 Å². The molecule has 0 aliphatic carbocycles. The van der Waals surface area contributed by atoms with E-state index in [0.29, 0.717) is 16.0 Å². The Morgan fingerprint density at radius 3 is 2.44 bits per heavy atom. The summed E-state index contributed by atoms with van der Waals surface area (Å²) in [6, 6.07) is 4.78. The minimum Gasteiger partial charge on any atom is -0.481 e. The SMILES string of the molecule is CC1=Cc2ccc(C(C)(C)C(=O)O)cc2S1(=O)=O. The Labute approximate surface area is 106 Å². The molecule has 0 saturated heterocycles. The van der Waals surface area contributed by atoms with Crippen LogP contribution < -0.4 is 0 Å². The molecule has 0 radical (unpaired) electrons. The largest absolute Gasteiger partial charge is 0.481 e. The van der Waals surface area contributed by atoms with Gasteiger partial charge in [-0.15, -0.1) is 0 Å². The minimum atomic E-state index is -3.42. The van der Waals surface area contributed by atoms with Gasteiger partial charge in [-0.25, -0.2) is 8.42 Å². The highest BCUT2D eigenvalue weighted by Gasteiger charge is 2.33. The highest BCUT2D eigenvalue weighted by atomic mass is 32.2. The molecule has 0 unspecified atom stereocenters. The molecule has 2 rings (SSSR count). The van der Waals surface area contributed by atoms with E-state index < -0.39 is 21.2 Å². The summed E-state index contributed by atoms with van der Waals surface area (Å²) in [4.78, 5) is 11.7. The molecule has 18 heavy (non-hydrogen) atoms. The maximum Gasteiger partial charge on any atom is 0.313 e. The molecule has 1 aliphatic rings. The van der Waals surface area contributed by atoms with Crippen LogP contribution >= 0.6 is 0 Å². The summed E-state index contributed by atoms with van der Waals surface area (Å²) in [5.41, 5.74) is -0.000942. The molecule has 0 bridgehead atoms. The number of hydrogen-bond acceptors (Lipinski definition) is 3. The van der Waals surface area contributed by atoms with Crippen molar-refractivity contribution in [1.29, 1.82) is 0 Å². The van der Waals surface area contributed by atoms with Gasteiger partial charge in [0.15, 0.2) is 0 Å². The molecule has 4 nitrogen and oxygen atoms in total. The van der Waals surface area contributed by atoms with Crippen LogP contribution in [0, 0.1) is 0 Å². The molecule has 1 aromatic carbocycles. The van der Waals surface area contributed by atoms with Crippen LogP contribution in [0.4, 0.5) is 0 Å². The third kappa shape index (κ3) is 1.66. The number of benzene rings is 1. The van der Waals surface area contributed by atoms with Gasteiger partial charge >= 0.3 is 5.97 Å². The van der Waals surface area contributed by atoms with E-state index in [9.17, 15) is 13.2 Å². The number of aliphatic carboxylic acids is 1. The molecule has 0 aromatic heterocycles. The third-order valence-electron chi connectivity index (χ3n) is 3.34. The first-order valence-electron chi connectivity index (χ1n) is 5.48. The molecule has 0 atom stereocenters. The van der Waals surface area contributed by atoms with Crippen LogP contribution in [-0.4, -0.2) is 19.5 Å². The van der Waals surface area contributed by atoms with E-state index in [1.54, 1.807) is 32.1 Å². The van der Waals surface area contributed by atoms with Crippen molar-refractivity contribution in [3.8, 4) is 0 Å². The van der Waals surface area contributed by atoms with Gasteiger partial charge in [0.05, 0.1) is 10.3 Å². The number of fused-ring (bicyclic) bond motifs is 1. The third-order valence-corrected chi connectivity index (χ3v) is 5.24. The zero-order valence-corrected chi connectivity index (χ0v) is 11.2. The van der Waals surface area contributed by atoms with Crippen LogP contribution in [0.2, 0.25) is 0 Å². The average molecular weight is 266 g/mol. The van der Waals surface area contributed by atoms with Gasteiger partial charge in [-0.05, 0) is 44.0 Å². The van der Waals surface area contributed by atoms with Gasteiger partial charge in [0, 0.05) is 4.91 Å². The van der Waals surface area contributed by atoms with Gasteiger partial charge < -0.3 is 5.11 Å². The lowest BCUT2D eigenvalue weighted by Crippen LogP contribution is -2.28. The molecule has 1 N–H and O–H groups in total. The maximum absolute atomic E-state index is 12.0. The van der Waals surface area contributed by atoms with Crippen LogP contribution in [0.5, 0.6) is 0 Å². The zero-order valence-electron chi connectivity index (χ0n) is 10.4. The van der Waals surface area contributed by atoms with E-state index in [-0.39, 0.29) is 4.90 Å². The average Bonchev–Trinajstić information content (AvgIpc) is 2.49. The topological polar surface area (TPSA) is 71.4 Å². The molecular formula is C13H14O4S. The molecule has 0 saturated carbocycles. The number of sulfone groups is 1. The predicted octanol–water partition coefficient (Wildman–Crippen LogP) is 2.20. The smallest absolute Gasteiger partial charge is 0.313 e. The van der Waals surface area contributed by atoms with Gasteiger partial charge in [0.25, 0.3) is 0 Å². The summed E-state index contributed by atoms with van der Waals surface area (Å²) in [5.74, 6) is -0.984. The van der Waals surface area contributed by atoms with Crippen molar-refractivity contribution in [2.75, 3.05) is 0 Å². The van der Waals surface area contributed by atoms with Crippen molar-refractivity contribution < 1.29 is 18.3 Å². The molecule has 96 valence electrons. The van der Waals surface area contributed by atoms with Crippen LogP contribution in [0.3, 0.4) is 0 Å². The van der Waals surface area contributed by atoms with Crippen molar-refractivity contribution in [2.24, 2.45) is 0 Å². The lowest BCUT2D eigenvalue weighted by Gasteiger charge is -2.20. The van der Waals surface area contributed by atoms with Crippen molar-refractivity contribution >= 4 is 21.9 Å². The lowest BCUT2D eigenvalue weighted by atomic mass is 9.84. The van der Waals surface area contributed by atoms with E-state index in [2.05, 4.69) is 0 Å². The van der Waals surface area contributed by atoms with E-state index in [1.807, 2.05) is 0 Å². The van der Waals surface area contributed by atoms with E-state index >= 15 is 0 Å². The van der Waals surface area contributed by atoms with Gasteiger partial charge in [0.2, 0.25) is 9.84 Å². The Kier molecular flexibility index (Phi) is 2.63. The molecule has 1 aromatic rings. The van der Waals surface area contributed by atoms with Crippen molar-refractivity contribution in [3.63, 3.8) is 0 Å². The Bertz CT molecular complexity index is 666. The quantitative estimate of drug-likeness (QED) is 0.890. The molecule has 0 spiro atoms. The first-order valence-corrected chi connectivity index (χ1v) is 6.97. The number of rotatable bonds is 2. The highest BCUT2D eigenvalue weighted by molar-refractivity contribution is 7.95. The lowest BCUT2D eigenvalue weighted by molar-refractivity contribution is -0.142.